The van der Waals surface area contributed by atoms with Crippen LogP contribution in [0.4, 0.5) is 16.2 Å². The van der Waals surface area contributed by atoms with Gasteiger partial charge < -0.3 is 19.7 Å². The number of rotatable bonds is 8. The van der Waals surface area contributed by atoms with Crippen molar-refractivity contribution in [2.75, 3.05) is 43.1 Å². The lowest BCUT2D eigenvalue weighted by atomic mass is 10.2. The molecule has 8 nitrogen and oxygen atoms in total. The van der Waals surface area contributed by atoms with Crippen LogP contribution in [0.25, 0.3) is 6.08 Å². The summed E-state index contributed by atoms with van der Waals surface area (Å²) in [6.45, 7) is 2.58. The van der Waals surface area contributed by atoms with E-state index in [2.05, 4.69) is 10.2 Å². The van der Waals surface area contributed by atoms with Gasteiger partial charge in [0.15, 0.2) is 0 Å². The molecule has 0 radical (unpaired) electrons. The minimum Gasteiger partial charge on any atom is -0.489 e. The van der Waals surface area contributed by atoms with Crippen LogP contribution in [0.15, 0.2) is 77.7 Å². The molecule has 0 unspecified atom stereocenters. The summed E-state index contributed by atoms with van der Waals surface area (Å²) in [4.78, 5) is 41.9. The SMILES string of the molecule is O=C(CN1C(=O)S/C(=C/c2cccc(OCc3ccccc3Cl)c2)C1=O)Nc1ccccc1N1CCOCC1. The van der Waals surface area contributed by atoms with Gasteiger partial charge in [0.1, 0.15) is 18.9 Å². The van der Waals surface area contributed by atoms with Gasteiger partial charge in [0, 0.05) is 23.7 Å². The summed E-state index contributed by atoms with van der Waals surface area (Å²) in [7, 11) is 0. The number of thioether (sulfide) groups is 1. The molecule has 1 N–H and O–H groups in total. The monoisotopic (exact) mass is 563 g/mol. The first-order valence-electron chi connectivity index (χ1n) is 12.4. The fourth-order valence-corrected chi connectivity index (χ4v) is 5.28. The van der Waals surface area contributed by atoms with Gasteiger partial charge in [0.05, 0.1) is 29.5 Å². The van der Waals surface area contributed by atoms with Crippen molar-refractivity contribution in [1.82, 2.24) is 4.90 Å². The van der Waals surface area contributed by atoms with E-state index in [9.17, 15) is 14.4 Å². The van der Waals surface area contributed by atoms with Crippen LogP contribution in [0.3, 0.4) is 0 Å². The highest BCUT2D eigenvalue weighted by molar-refractivity contribution is 8.18. The van der Waals surface area contributed by atoms with Crippen molar-refractivity contribution in [2.45, 2.75) is 6.61 Å². The number of hydrogen-bond donors (Lipinski definition) is 1. The van der Waals surface area contributed by atoms with Gasteiger partial charge in [-0.25, -0.2) is 0 Å². The van der Waals surface area contributed by atoms with Crippen molar-refractivity contribution < 1.29 is 23.9 Å². The maximum absolute atomic E-state index is 13.0. The lowest BCUT2D eigenvalue weighted by Crippen LogP contribution is -2.38. The average molecular weight is 564 g/mol. The van der Waals surface area contributed by atoms with Crippen molar-refractivity contribution in [3.63, 3.8) is 0 Å². The average Bonchev–Trinajstić information content (AvgIpc) is 3.20. The molecule has 200 valence electrons. The molecule has 0 spiro atoms. The van der Waals surface area contributed by atoms with Crippen LogP contribution in [0.2, 0.25) is 5.02 Å². The fraction of sp³-hybridized carbons (Fsp3) is 0.207. The summed E-state index contributed by atoms with van der Waals surface area (Å²) in [6, 6.07) is 22.1. The lowest BCUT2D eigenvalue weighted by Gasteiger charge is -2.30. The van der Waals surface area contributed by atoms with Crippen LogP contribution < -0.4 is 15.0 Å². The van der Waals surface area contributed by atoms with Crippen molar-refractivity contribution in [3.05, 3.63) is 93.9 Å². The van der Waals surface area contributed by atoms with Gasteiger partial charge in [-0.2, -0.15) is 0 Å². The predicted molar refractivity (Wildman–Crippen MR) is 153 cm³/mol. The number of morpholine rings is 1. The summed E-state index contributed by atoms with van der Waals surface area (Å²) >= 11 is 7.01. The second kappa shape index (κ2) is 12.4. The molecule has 0 aliphatic carbocycles. The molecule has 39 heavy (non-hydrogen) atoms. The Hall–Kier alpha value is -3.79. The Bertz CT molecular complexity index is 1420. The highest BCUT2D eigenvalue weighted by atomic mass is 35.5. The Kier molecular flexibility index (Phi) is 8.51. The van der Waals surface area contributed by atoms with E-state index in [0.29, 0.717) is 54.9 Å². The number of para-hydroxylation sites is 2. The summed E-state index contributed by atoms with van der Waals surface area (Å²) in [5.74, 6) is -0.362. The maximum atomic E-state index is 13.0. The molecule has 0 saturated carbocycles. The number of amides is 3. The predicted octanol–water partition coefficient (Wildman–Crippen LogP) is 5.43. The number of ether oxygens (including phenoxy) is 2. The number of benzene rings is 3. The van der Waals surface area contributed by atoms with Gasteiger partial charge in [-0.05, 0) is 53.7 Å². The molecule has 2 aliphatic heterocycles. The first-order valence-corrected chi connectivity index (χ1v) is 13.6. The summed E-state index contributed by atoms with van der Waals surface area (Å²) in [5.41, 5.74) is 3.05. The third-order valence-electron chi connectivity index (χ3n) is 6.21. The number of hydrogen-bond acceptors (Lipinski definition) is 7. The third-order valence-corrected chi connectivity index (χ3v) is 7.49. The number of nitrogens with one attached hydrogen (secondary N) is 1. The molecule has 0 atom stereocenters. The van der Waals surface area contributed by atoms with E-state index in [1.807, 2.05) is 42.5 Å². The Morgan fingerprint density at radius 2 is 1.79 bits per heavy atom. The highest BCUT2D eigenvalue weighted by Gasteiger charge is 2.36. The Balaban J connectivity index is 1.23. The van der Waals surface area contributed by atoms with Crippen molar-refractivity contribution in [1.29, 1.82) is 0 Å². The molecule has 3 aromatic carbocycles. The van der Waals surface area contributed by atoms with Gasteiger partial charge in [-0.3, -0.25) is 19.3 Å². The van der Waals surface area contributed by atoms with Crippen molar-refractivity contribution >= 4 is 57.9 Å². The minimum atomic E-state index is -0.510. The van der Waals surface area contributed by atoms with Crippen LogP contribution in [-0.2, 0) is 20.9 Å². The van der Waals surface area contributed by atoms with Gasteiger partial charge in [-0.15, -0.1) is 0 Å². The summed E-state index contributed by atoms with van der Waals surface area (Å²) in [6.07, 6.45) is 1.62. The van der Waals surface area contributed by atoms with Crippen LogP contribution in [0, 0.1) is 0 Å². The van der Waals surface area contributed by atoms with E-state index < -0.39 is 17.1 Å². The van der Waals surface area contributed by atoms with Crippen LogP contribution in [0.5, 0.6) is 5.75 Å². The van der Waals surface area contributed by atoms with E-state index in [1.54, 1.807) is 36.4 Å². The lowest BCUT2D eigenvalue weighted by molar-refractivity contribution is -0.127. The zero-order valence-electron chi connectivity index (χ0n) is 21.0. The first-order chi connectivity index (χ1) is 19.0. The molecule has 2 heterocycles. The Morgan fingerprint density at radius 3 is 2.62 bits per heavy atom. The van der Waals surface area contributed by atoms with Gasteiger partial charge in [0.25, 0.3) is 11.1 Å². The molecular weight excluding hydrogens is 538 g/mol. The first kappa shape index (κ1) is 26.8. The molecular formula is C29H26ClN3O5S. The second-order valence-electron chi connectivity index (χ2n) is 8.89. The molecule has 10 heteroatoms. The molecule has 5 rings (SSSR count). The van der Waals surface area contributed by atoms with Gasteiger partial charge >= 0.3 is 0 Å². The highest BCUT2D eigenvalue weighted by Crippen LogP contribution is 2.33. The molecule has 0 aromatic heterocycles. The zero-order chi connectivity index (χ0) is 27.2. The van der Waals surface area contributed by atoms with Crippen molar-refractivity contribution in [2.24, 2.45) is 0 Å². The zero-order valence-corrected chi connectivity index (χ0v) is 22.5. The van der Waals surface area contributed by atoms with Crippen LogP contribution in [-0.4, -0.2) is 54.8 Å². The van der Waals surface area contributed by atoms with Crippen molar-refractivity contribution in [3.8, 4) is 5.75 Å². The largest absolute Gasteiger partial charge is 0.489 e. The normalized spacial score (nSPS) is 16.6. The molecule has 2 saturated heterocycles. The summed E-state index contributed by atoms with van der Waals surface area (Å²) in [5, 5.41) is 2.99. The van der Waals surface area contributed by atoms with Crippen LogP contribution >= 0.6 is 23.4 Å². The van der Waals surface area contributed by atoms with E-state index in [-0.39, 0.29) is 11.4 Å². The molecule has 2 fully saturated rings. The fourth-order valence-electron chi connectivity index (χ4n) is 4.25. The Labute approximate surface area is 235 Å². The van der Waals surface area contributed by atoms with Gasteiger partial charge in [-0.1, -0.05) is 54.1 Å². The van der Waals surface area contributed by atoms with E-state index in [1.165, 1.54) is 0 Å². The van der Waals surface area contributed by atoms with Crippen LogP contribution in [0.1, 0.15) is 11.1 Å². The third kappa shape index (κ3) is 6.62. The number of imide groups is 1. The minimum absolute atomic E-state index is 0.241. The number of carbonyl (C=O) groups excluding carboxylic acids is 3. The molecule has 0 bridgehead atoms. The number of anilines is 2. The molecule has 3 amide bonds. The maximum Gasteiger partial charge on any atom is 0.294 e. The Morgan fingerprint density at radius 1 is 1.03 bits per heavy atom. The molecule has 2 aliphatic rings. The second-order valence-corrected chi connectivity index (χ2v) is 10.3. The molecule has 3 aromatic rings. The number of carbonyl (C=O) groups is 3. The van der Waals surface area contributed by atoms with E-state index in [4.69, 9.17) is 21.1 Å². The smallest absolute Gasteiger partial charge is 0.294 e. The number of halogens is 1. The summed E-state index contributed by atoms with van der Waals surface area (Å²) < 4.78 is 11.3. The standard InChI is InChI=1S/C29H26ClN3O5S/c30-23-9-2-1-7-21(23)19-38-22-8-5-6-20(16-22)17-26-28(35)33(29(36)39-26)18-27(34)31-24-10-3-4-11-25(24)32-12-14-37-15-13-32/h1-11,16-17H,12-15,18-19H2,(H,31,34)/b26-17+. The topological polar surface area (TPSA) is 88.2 Å². The quantitative estimate of drug-likeness (QED) is 0.366. The van der Waals surface area contributed by atoms with Gasteiger partial charge in [0.2, 0.25) is 5.91 Å². The van der Waals surface area contributed by atoms with E-state index >= 15 is 0 Å². The number of nitrogens with zero attached hydrogens (tertiary/aromatic N) is 2. The van der Waals surface area contributed by atoms with E-state index in [0.717, 1.165) is 27.9 Å².